The van der Waals surface area contributed by atoms with E-state index >= 15 is 0 Å². The van der Waals surface area contributed by atoms with Gasteiger partial charge in [-0.05, 0) is 44.7 Å². The summed E-state index contributed by atoms with van der Waals surface area (Å²) in [5.41, 5.74) is 1.80. The van der Waals surface area contributed by atoms with Gasteiger partial charge in [0.25, 0.3) is 0 Å². The van der Waals surface area contributed by atoms with Crippen LogP contribution in [0.5, 0.6) is 0 Å². The molecule has 0 aromatic heterocycles. The summed E-state index contributed by atoms with van der Waals surface area (Å²) in [6.45, 7) is 5.16. The second-order valence-electron chi connectivity index (χ2n) is 5.49. The van der Waals surface area contributed by atoms with Gasteiger partial charge in [-0.25, -0.2) is 0 Å². The Hall–Kier alpha value is -1.15. The highest BCUT2D eigenvalue weighted by atomic mass is 16.1. The predicted molar refractivity (Wildman–Crippen MR) is 75.0 cm³/mol. The molecule has 98 valence electrons. The van der Waals surface area contributed by atoms with E-state index in [1.807, 2.05) is 19.1 Å². The molecule has 1 unspecified atom stereocenters. The van der Waals surface area contributed by atoms with E-state index in [2.05, 4.69) is 24.4 Å². The molecule has 1 saturated heterocycles. The SMILES string of the molecule is CCCc1ccc(C(=O)C2(C)CCCCN2)cc1. The lowest BCUT2D eigenvalue weighted by Gasteiger charge is -2.33. The van der Waals surface area contributed by atoms with Crippen LogP contribution in [0.25, 0.3) is 0 Å². The van der Waals surface area contributed by atoms with Crippen molar-refractivity contribution < 1.29 is 4.79 Å². The van der Waals surface area contributed by atoms with E-state index < -0.39 is 0 Å². The quantitative estimate of drug-likeness (QED) is 0.824. The minimum absolute atomic E-state index is 0.241. The zero-order valence-electron chi connectivity index (χ0n) is 11.5. The highest BCUT2D eigenvalue weighted by Gasteiger charge is 2.34. The molecule has 1 aliphatic heterocycles. The molecule has 1 N–H and O–H groups in total. The summed E-state index contributed by atoms with van der Waals surface area (Å²) in [6, 6.07) is 8.13. The van der Waals surface area contributed by atoms with Gasteiger partial charge in [-0.2, -0.15) is 0 Å². The van der Waals surface area contributed by atoms with Crippen LogP contribution < -0.4 is 5.32 Å². The maximum atomic E-state index is 12.5. The average Bonchev–Trinajstić information content (AvgIpc) is 2.40. The minimum atomic E-state index is -0.357. The summed E-state index contributed by atoms with van der Waals surface area (Å²) in [7, 11) is 0. The number of rotatable bonds is 4. The monoisotopic (exact) mass is 245 g/mol. The molecular formula is C16H23NO. The lowest BCUT2D eigenvalue weighted by Crippen LogP contribution is -2.52. The van der Waals surface area contributed by atoms with Crippen LogP contribution in [-0.2, 0) is 6.42 Å². The highest BCUT2D eigenvalue weighted by molar-refractivity contribution is 6.03. The Morgan fingerprint density at radius 3 is 2.56 bits per heavy atom. The fraction of sp³-hybridized carbons (Fsp3) is 0.562. The van der Waals surface area contributed by atoms with Gasteiger partial charge in [0.15, 0.2) is 5.78 Å². The van der Waals surface area contributed by atoms with Crippen molar-refractivity contribution >= 4 is 5.78 Å². The van der Waals surface area contributed by atoms with Gasteiger partial charge < -0.3 is 5.32 Å². The van der Waals surface area contributed by atoms with E-state index in [0.29, 0.717) is 0 Å². The third-order valence-corrected chi connectivity index (χ3v) is 3.87. The van der Waals surface area contributed by atoms with Crippen molar-refractivity contribution in [2.45, 2.75) is 51.5 Å². The number of aryl methyl sites for hydroxylation is 1. The predicted octanol–water partition coefficient (Wildman–Crippen LogP) is 3.35. The molecule has 18 heavy (non-hydrogen) atoms. The third kappa shape index (κ3) is 2.81. The van der Waals surface area contributed by atoms with Crippen LogP contribution in [0.4, 0.5) is 0 Å². The van der Waals surface area contributed by atoms with E-state index in [1.54, 1.807) is 0 Å². The highest BCUT2D eigenvalue weighted by Crippen LogP contribution is 2.23. The molecule has 1 fully saturated rings. The second-order valence-corrected chi connectivity index (χ2v) is 5.49. The Labute approximate surface area is 110 Å². The Morgan fingerprint density at radius 1 is 1.28 bits per heavy atom. The number of Topliss-reactive ketones (excluding diaryl/α,β-unsaturated/α-hetero) is 1. The molecule has 1 atom stereocenters. The van der Waals surface area contributed by atoms with Gasteiger partial charge in [-0.15, -0.1) is 0 Å². The van der Waals surface area contributed by atoms with Crippen molar-refractivity contribution in [2.75, 3.05) is 6.54 Å². The molecule has 0 amide bonds. The number of carbonyl (C=O) groups is 1. The largest absolute Gasteiger partial charge is 0.305 e. The number of ketones is 1. The van der Waals surface area contributed by atoms with E-state index in [9.17, 15) is 4.79 Å². The van der Waals surface area contributed by atoms with Crippen molar-refractivity contribution in [3.63, 3.8) is 0 Å². The van der Waals surface area contributed by atoms with Gasteiger partial charge in [0.05, 0.1) is 5.54 Å². The van der Waals surface area contributed by atoms with Crippen LogP contribution in [0, 0.1) is 0 Å². The second kappa shape index (κ2) is 5.66. The maximum Gasteiger partial charge on any atom is 0.182 e. The molecule has 0 saturated carbocycles. The van der Waals surface area contributed by atoms with E-state index in [-0.39, 0.29) is 11.3 Å². The van der Waals surface area contributed by atoms with E-state index in [0.717, 1.165) is 37.8 Å². The van der Waals surface area contributed by atoms with E-state index in [4.69, 9.17) is 0 Å². The lowest BCUT2D eigenvalue weighted by molar-refractivity contribution is 0.0835. The third-order valence-electron chi connectivity index (χ3n) is 3.87. The fourth-order valence-corrected chi connectivity index (χ4v) is 2.68. The Bertz CT molecular complexity index is 402. The van der Waals surface area contributed by atoms with Gasteiger partial charge in [0, 0.05) is 5.56 Å². The maximum absolute atomic E-state index is 12.5. The number of hydrogen-bond acceptors (Lipinski definition) is 2. The van der Waals surface area contributed by atoms with Crippen LogP contribution >= 0.6 is 0 Å². The van der Waals surface area contributed by atoms with Gasteiger partial charge in [0.2, 0.25) is 0 Å². The van der Waals surface area contributed by atoms with Gasteiger partial charge in [0.1, 0.15) is 0 Å². The molecule has 2 heteroatoms. The summed E-state index contributed by atoms with van der Waals surface area (Å²) in [6.07, 6.45) is 5.50. The molecule has 1 aromatic rings. The molecule has 0 radical (unpaired) electrons. The van der Waals surface area contributed by atoms with Gasteiger partial charge in [-0.1, -0.05) is 37.6 Å². The van der Waals surface area contributed by atoms with Gasteiger partial charge in [-0.3, -0.25) is 4.79 Å². The molecule has 1 heterocycles. The van der Waals surface area contributed by atoms with Crippen molar-refractivity contribution in [1.29, 1.82) is 0 Å². The first kappa shape index (κ1) is 13.3. The average molecular weight is 245 g/mol. The summed E-state index contributed by atoms with van der Waals surface area (Å²) < 4.78 is 0. The van der Waals surface area contributed by atoms with Crippen molar-refractivity contribution in [3.05, 3.63) is 35.4 Å². The van der Waals surface area contributed by atoms with Crippen LogP contribution in [0.15, 0.2) is 24.3 Å². The summed E-state index contributed by atoms with van der Waals surface area (Å²) in [4.78, 5) is 12.5. The number of carbonyl (C=O) groups excluding carboxylic acids is 1. The molecule has 0 bridgehead atoms. The smallest absolute Gasteiger partial charge is 0.182 e. The van der Waals surface area contributed by atoms with Crippen LogP contribution in [-0.4, -0.2) is 17.9 Å². The van der Waals surface area contributed by atoms with E-state index in [1.165, 1.54) is 12.0 Å². The Morgan fingerprint density at radius 2 is 2.00 bits per heavy atom. The molecular weight excluding hydrogens is 222 g/mol. The number of piperidine rings is 1. The number of benzene rings is 1. The first-order chi connectivity index (χ1) is 8.65. The fourth-order valence-electron chi connectivity index (χ4n) is 2.68. The summed E-state index contributed by atoms with van der Waals surface area (Å²) >= 11 is 0. The Kier molecular flexibility index (Phi) is 4.18. The Balaban J connectivity index is 2.12. The summed E-state index contributed by atoms with van der Waals surface area (Å²) in [5.74, 6) is 0.241. The topological polar surface area (TPSA) is 29.1 Å². The van der Waals surface area contributed by atoms with Gasteiger partial charge >= 0.3 is 0 Å². The van der Waals surface area contributed by atoms with Crippen LogP contribution in [0.2, 0.25) is 0 Å². The van der Waals surface area contributed by atoms with Crippen LogP contribution in [0.1, 0.15) is 55.5 Å². The molecule has 1 aliphatic rings. The standard InChI is InChI=1S/C16H23NO/c1-3-6-13-7-9-14(10-8-13)15(18)16(2)11-4-5-12-17-16/h7-10,17H,3-6,11-12H2,1-2H3. The normalized spacial score (nSPS) is 23.9. The first-order valence-electron chi connectivity index (χ1n) is 7.04. The van der Waals surface area contributed by atoms with Crippen LogP contribution in [0.3, 0.4) is 0 Å². The van der Waals surface area contributed by atoms with Crippen molar-refractivity contribution in [3.8, 4) is 0 Å². The first-order valence-corrected chi connectivity index (χ1v) is 7.04. The zero-order valence-corrected chi connectivity index (χ0v) is 11.5. The lowest BCUT2D eigenvalue weighted by atomic mass is 9.83. The number of hydrogen-bond donors (Lipinski definition) is 1. The molecule has 0 aliphatic carbocycles. The molecule has 2 rings (SSSR count). The molecule has 0 spiro atoms. The van der Waals surface area contributed by atoms with Crippen molar-refractivity contribution in [2.24, 2.45) is 0 Å². The summed E-state index contributed by atoms with van der Waals surface area (Å²) in [5, 5.41) is 3.38. The number of nitrogens with one attached hydrogen (secondary N) is 1. The molecule has 2 nitrogen and oxygen atoms in total. The van der Waals surface area contributed by atoms with Crippen molar-refractivity contribution in [1.82, 2.24) is 5.32 Å². The zero-order chi connectivity index (χ0) is 13.0. The minimum Gasteiger partial charge on any atom is -0.305 e. The molecule has 1 aromatic carbocycles.